The zero-order valence-corrected chi connectivity index (χ0v) is 14.8. The molecule has 3 rings (SSSR count). The molecule has 0 spiro atoms. The normalized spacial score (nSPS) is 15.4. The van der Waals surface area contributed by atoms with Crippen molar-refractivity contribution in [1.29, 1.82) is 0 Å². The van der Waals surface area contributed by atoms with E-state index in [2.05, 4.69) is 5.32 Å². The maximum atomic E-state index is 13.1. The predicted octanol–water partition coefficient (Wildman–Crippen LogP) is 4.13. The minimum Gasteiger partial charge on any atom is -0.494 e. The van der Waals surface area contributed by atoms with Crippen molar-refractivity contribution in [2.24, 2.45) is 0 Å². The molecule has 6 heteroatoms. The van der Waals surface area contributed by atoms with E-state index in [1.165, 1.54) is 12.1 Å². The summed E-state index contributed by atoms with van der Waals surface area (Å²) >= 11 is 5.93. The second-order valence-corrected chi connectivity index (χ2v) is 6.35. The minimum atomic E-state index is -0.481. The van der Waals surface area contributed by atoms with Crippen LogP contribution in [0.25, 0.3) is 0 Å². The highest BCUT2D eigenvalue weighted by molar-refractivity contribution is 6.33. The van der Waals surface area contributed by atoms with Gasteiger partial charge in [0.25, 0.3) is 5.91 Å². The number of amides is 1. The highest BCUT2D eigenvalue weighted by Gasteiger charge is 2.22. The largest absolute Gasteiger partial charge is 0.494 e. The number of carbonyl (C=O) groups excluding carboxylic acids is 1. The van der Waals surface area contributed by atoms with Crippen molar-refractivity contribution < 1.29 is 18.7 Å². The van der Waals surface area contributed by atoms with Crippen molar-refractivity contribution in [2.45, 2.75) is 32.9 Å². The van der Waals surface area contributed by atoms with Crippen molar-refractivity contribution in [3.05, 3.63) is 57.9 Å². The van der Waals surface area contributed by atoms with Gasteiger partial charge in [-0.3, -0.25) is 4.79 Å². The number of halogens is 2. The van der Waals surface area contributed by atoms with Gasteiger partial charge < -0.3 is 14.8 Å². The van der Waals surface area contributed by atoms with Crippen LogP contribution in [0.2, 0.25) is 5.02 Å². The van der Waals surface area contributed by atoms with Crippen LogP contribution in [0.5, 0.6) is 11.5 Å². The van der Waals surface area contributed by atoms with Crippen molar-refractivity contribution >= 4 is 17.5 Å². The molecule has 1 aliphatic heterocycles. The van der Waals surface area contributed by atoms with Crippen molar-refractivity contribution in [3.8, 4) is 11.5 Å². The van der Waals surface area contributed by atoms with Gasteiger partial charge in [0, 0.05) is 24.1 Å². The molecule has 2 aromatic rings. The van der Waals surface area contributed by atoms with Gasteiger partial charge in [-0.05, 0) is 44.2 Å². The molecule has 25 heavy (non-hydrogen) atoms. The Morgan fingerprint density at radius 3 is 2.92 bits per heavy atom. The fraction of sp³-hybridized carbons (Fsp3) is 0.316. The Morgan fingerprint density at radius 1 is 1.40 bits per heavy atom. The molecule has 1 unspecified atom stereocenters. The SMILES string of the molecule is CCOc1cc2c(cc1CNC(=O)c1ccc(F)cc1Cl)OC(C)C2. The lowest BCUT2D eigenvalue weighted by molar-refractivity contribution is 0.0950. The molecule has 0 radical (unpaired) electrons. The molecular weight excluding hydrogens is 345 g/mol. The first-order valence-corrected chi connectivity index (χ1v) is 8.54. The van der Waals surface area contributed by atoms with E-state index in [1.54, 1.807) is 0 Å². The van der Waals surface area contributed by atoms with Gasteiger partial charge in [0.05, 0.1) is 17.2 Å². The third kappa shape index (κ3) is 3.87. The van der Waals surface area contributed by atoms with Crippen molar-refractivity contribution in [1.82, 2.24) is 5.32 Å². The summed E-state index contributed by atoms with van der Waals surface area (Å²) in [4.78, 5) is 12.3. The molecule has 0 aromatic heterocycles. The molecule has 1 amide bonds. The average Bonchev–Trinajstić information content (AvgIpc) is 2.91. The molecule has 1 atom stereocenters. The summed E-state index contributed by atoms with van der Waals surface area (Å²) < 4.78 is 24.6. The van der Waals surface area contributed by atoms with E-state index in [4.69, 9.17) is 21.1 Å². The van der Waals surface area contributed by atoms with E-state index in [0.717, 1.165) is 35.1 Å². The number of hydrogen-bond acceptors (Lipinski definition) is 3. The van der Waals surface area contributed by atoms with Crippen LogP contribution >= 0.6 is 11.6 Å². The third-order valence-corrected chi connectivity index (χ3v) is 4.31. The lowest BCUT2D eigenvalue weighted by atomic mass is 10.1. The summed E-state index contributed by atoms with van der Waals surface area (Å²) in [7, 11) is 0. The Hall–Kier alpha value is -2.27. The third-order valence-electron chi connectivity index (χ3n) is 3.99. The highest BCUT2D eigenvalue weighted by atomic mass is 35.5. The van der Waals surface area contributed by atoms with Gasteiger partial charge in [-0.15, -0.1) is 0 Å². The number of hydrogen-bond donors (Lipinski definition) is 1. The van der Waals surface area contributed by atoms with Gasteiger partial charge in [0.1, 0.15) is 23.4 Å². The summed E-state index contributed by atoms with van der Waals surface area (Å²) in [6, 6.07) is 7.55. The van der Waals surface area contributed by atoms with Crippen LogP contribution in [0.4, 0.5) is 4.39 Å². The van der Waals surface area contributed by atoms with Crippen LogP contribution in [0.3, 0.4) is 0 Å². The minimum absolute atomic E-state index is 0.0774. The average molecular weight is 364 g/mol. The van der Waals surface area contributed by atoms with E-state index < -0.39 is 5.82 Å². The molecule has 2 aromatic carbocycles. The fourth-order valence-corrected chi connectivity index (χ4v) is 3.11. The molecule has 1 aliphatic rings. The number of fused-ring (bicyclic) bond motifs is 1. The van der Waals surface area contributed by atoms with Gasteiger partial charge in [-0.2, -0.15) is 0 Å². The van der Waals surface area contributed by atoms with Crippen molar-refractivity contribution in [3.63, 3.8) is 0 Å². The number of carbonyl (C=O) groups is 1. The van der Waals surface area contributed by atoms with Gasteiger partial charge >= 0.3 is 0 Å². The number of nitrogens with one attached hydrogen (secondary N) is 1. The first-order valence-electron chi connectivity index (χ1n) is 8.16. The monoisotopic (exact) mass is 363 g/mol. The molecule has 0 saturated carbocycles. The summed E-state index contributed by atoms with van der Waals surface area (Å²) in [5.74, 6) is 0.691. The first kappa shape index (κ1) is 17.5. The van der Waals surface area contributed by atoms with Crippen LogP contribution in [-0.4, -0.2) is 18.6 Å². The van der Waals surface area contributed by atoms with E-state index in [0.29, 0.717) is 6.61 Å². The maximum Gasteiger partial charge on any atom is 0.253 e. The summed E-state index contributed by atoms with van der Waals surface area (Å²) in [6.45, 7) is 4.71. The van der Waals surface area contributed by atoms with Gasteiger partial charge in [0.2, 0.25) is 0 Å². The topological polar surface area (TPSA) is 47.6 Å². The van der Waals surface area contributed by atoms with Crippen LogP contribution in [0.15, 0.2) is 30.3 Å². The molecule has 1 heterocycles. The Labute approximate surface area is 150 Å². The number of benzene rings is 2. The van der Waals surface area contributed by atoms with E-state index in [9.17, 15) is 9.18 Å². The molecule has 0 fully saturated rings. The van der Waals surface area contributed by atoms with Gasteiger partial charge in [-0.1, -0.05) is 11.6 Å². The summed E-state index contributed by atoms with van der Waals surface area (Å²) in [6.07, 6.45) is 0.972. The maximum absolute atomic E-state index is 13.1. The highest BCUT2D eigenvalue weighted by Crippen LogP contribution is 2.35. The number of rotatable bonds is 5. The quantitative estimate of drug-likeness (QED) is 0.868. The second-order valence-electron chi connectivity index (χ2n) is 5.94. The Kier molecular flexibility index (Phi) is 5.13. The Morgan fingerprint density at radius 2 is 2.20 bits per heavy atom. The lowest BCUT2D eigenvalue weighted by Gasteiger charge is -2.13. The lowest BCUT2D eigenvalue weighted by Crippen LogP contribution is -2.23. The van der Waals surface area contributed by atoms with Crippen LogP contribution in [0.1, 0.15) is 35.3 Å². The first-order chi connectivity index (χ1) is 12.0. The molecule has 1 N–H and O–H groups in total. The van der Waals surface area contributed by atoms with Gasteiger partial charge in [-0.25, -0.2) is 4.39 Å². The van der Waals surface area contributed by atoms with Crippen molar-refractivity contribution in [2.75, 3.05) is 6.61 Å². The Bertz CT molecular complexity index is 809. The molecule has 0 aliphatic carbocycles. The van der Waals surface area contributed by atoms with Gasteiger partial charge in [0.15, 0.2) is 0 Å². The predicted molar refractivity (Wildman–Crippen MR) is 94.0 cm³/mol. The standard InChI is InChI=1S/C19H19ClFNO3/c1-3-24-17-7-12-6-11(2)25-18(12)8-13(17)10-22-19(23)15-5-4-14(21)9-16(15)20/h4-5,7-9,11H,3,6,10H2,1-2H3,(H,22,23). The summed E-state index contributed by atoms with van der Waals surface area (Å²) in [5, 5.41) is 2.87. The zero-order chi connectivity index (χ0) is 18.0. The molecule has 132 valence electrons. The molecule has 0 saturated heterocycles. The second kappa shape index (κ2) is 7.31. The van der Waals surface area contributed by atoms with E-state index in [-0.39, 0.29) is 29.1 Å². The van der Waals surface area contributed by atoms with Crippen LogP contribution in [-0.2, 0) is 13.0 Å². The molecular formula is C19H19ClFNO3. The van der Waals surface area contributed by atoms with E-state index >= 15 is 0 Å². The summed E-state index contributed by atoms with van der Waals surface area (Å²) in [5.41, 5.74) is 2.15. The van der Waals surface area contributed by atoms with Crippen LogP contribution in [0, 0.1) is 5.82 Å². The fourth-order valence-electron chi connectivity index (χ4n) is 2.85. The Balaban J connectivity index is 1.78. The zero-order valence-electron chi connectivity index (χ0n) is 14.1. The molecule has 4 nitrogen and oxygen atoms in total. The number of ether oxygens (including phenoxy) is 2. The molecule has 0 bridgehead atoms. The van der Waals surface area contributed by atoms with Crippen LogP contribution < -0.4 is 14.8 Å². The van der Waals surface area contributed by atoms with E-state index in [1.807, 2.05) is 26.0 Å². The smallest absolute Gasteiger partial charge is 0.253 e.